The van der Waals surface area contributed by atoms with E-state index in [4.69, 9.17) is 28.4 Å². The van der Waals surface area contributed by atoms with Gasteiger partial charge >= 0.3 is 17.9 Å². The Hall–Kier alpha value is -7.71. The summed E-state index contributed by atoms with van der Waals surface area (Å²) in [6, 6.07) is 19.4. The molecule has 20 heteroatoms. The van der Waals surface area contributed by atoms with Crippen molar-refractivity contribution in [3.8, 4) is 28.7 Å². The Bertz CT molecular complexity index is 3000. The molecule has 0 aliphatic heterocycles. The van der Waals surface area contributed by atoms with E-state index in [0.717, 1.165) is 22.5 Å². The molecule has 3 aromatic heterocycles. The maximum Gasteiger partial charge on any atom is 0.360 e. The normalized spacial score (nSPS) is 11.0. The molecule has 0 bridgehead atoms. The van der Waals surface area contributed by atoms with Crippen molar-refractivity contribution < 1.29 is 61.1 Å². The second-order valence-electron chi connectivity index (χ2n) is 14.4. The maximum atomic E-state index is 13.8. The predicted octanol–water partition coefficient (Wildman–Crippen LogP) is 4.72. The first-order chi connectivity index (χ1) is 32.0. The number of sulfonamides is 1. The molecule has 0 unspecified atom stereocenters. The van der Waals surface area contributed by atoms with E-state index in [1.807, 2.05) is 6.07 Å². The lowest BCUT2D eigenvalue weighted by atomic mass is 10.1. The summed E-state index contributed by atoms with van der Waals surface area (Å²) in [5, 5.41) is 10.7. The number of ether oxygens (including phenoxy) is 7. The van der Waals surface area contributed by atoms with Crippen molar-refractivity contribution in [1.82, 2.24) is 18.4 Å². The van der Waals surface area contributed by atoms with E-state index in [2.05, 4.69) is 9.72 Å². The van der Waals surface area contributed by atoms with Crippen LogP contribution in [0.15, 0.2) is 106 Å². The molecule has 1 N–H and O–H groups in total. The highest BCUT2D eigenvalue weighted by atomic mass is 32.2. The number of aromatic hydroxyl groups is 1. The Morgan fingerprint density at radius 2 is 1.27 bits per heavy atom. The molecule has 19 nitrogen and oxygen atoms in total. The van der Waals surface area contributed by atoms with Crippen molar-refractivity contribution in [2.45, 2.75) is 38.4 Å². The number of aromatic nitrogens is 3. The van der Waals surface area contributed by atoms with Gasteiger partial charge in [0.2, 0.25) is 10.0 Å². The molecular formula is C47H50N4O15S. The van der Waals surface area contributed by atoms with Crippen LogP contribution in [0.25, 0.3) is 10.8 Å². The molecule has 0 spiro atoms. The van der Waals surface area contributed by atoms with Gasteiger partial charge in [-0.05, 0) is 62.4 Å². The van der Waals surface area contributed by atoms with Crippen LogP contribution in [0.2, 0.25) is 0 Å². The van der Waals surface area contributed by atoms with Gasteiger partial charge in [-0.15, -0.1) is 0 Å². The summed E-state index contributed by atoms with van der Waals surface area (Å²) in [4.78, 5) is 67.1. The molecule has 0 fully saturated rings. The quantitative estimate of drug-likeness (QED) is 0.0964. The van der Waals surface area contributed by atoms with E-state index >= 15 is 0 Å². The number of rotatable bonds is 17. The van der Waals surface area contributed by atoms with Gasteiger partial charge in [-0.1, -0.05) is 17.7 Å². The maximum absolute atomic E-state index is 13.8. The van der Waals surface area contributed by atoms with Crippen molar-refractivity contribution >= 4 is 38.7 Å². The lowest BCUT2D eigenvalue weighted by Gasteiger charge is -2.22. The fourth-order valence-corrected chi connectivity index (χ4v) is 8.06. The van der Waals surface area contributed by atoms with Crippen molar-refractivity contribution in [2.24, 2.45) is 0 Å². The van der Waals surface area contributed by atoms with E-state index in [-0.39, 0.29) is 63.5 Å². The number of aryl methyl sites for hydroxylation is 1. The molecule has 0 amide bonds. The summed E-state index contributed by atoms with van der Waals surface area (Å²) < 4.78 is 66.4. The first-order valence-electron chi connectivity index (χ1n) is 20.3. The number of carbonyl (C=O) groups is 3. The van der Waals surface area contributed by atoms with Crippen LogP contribution in [0.4, 0.5) is 0 Å². The van der Waals surface area contributed by atoms with E-state index in [1.54, 1.807) is 69.5 Å². The van der Waals surface area contributed by atoms with Gasteiger partial charge in [0, 0.05) is 59.3 Å². The molecule has 0 aliphatic rings. The summed E-state index contributed by atoms with van der Waals surface area (Å²) in [6.45, 7) is 2.48. The van der Waals surface area contributed by atoms with Gasteiger partial charge in [0.1, 0.15) is 29.5 Å². The average Bonchev–Trinajstić information content (AvgIpc) is 3.33. The SMILES string of the molecule is CCOC(=O)c1ccn(Cc2ccc(OC)cc2OC)c(=O)c1CN(CC(=O)OC)S(=O)(=O)c1ccc(C)cc1.COC(=O)c1ncc2c(=O)n(Cc3ccc(OC)cc3OC)ccc2c1O. The zero-order chi connectivity index (χ0) is 49.0. The largest absolute Gasteiger partial charge is 0.505 e. The topological polar surface area (TPSA) is 230 Å². The minimum atomic E-state index is -4.28. The lowest BCUT2D eigenvalue weighted by Crippen LogP contribution is -2.39. The zero-order valence-electron chi connectivity index (χ0n) is 38.1. The minimum absolute atomic E-state index is 0.0396. The first kappa shape index (κ1) is 50.3. The standard InChI is InChI=1S/C28H32N2O9S.C19H18N2O6/c1-6-39-28(33)23-13-14-29(16-20-9-10-21(36-3)15-25(20)37-4)27(32)24(23)17-30(18-26(31)38-5)40(34,35)22-11-7-19(2)8-12-22;1-25-12-5-4-11(15(8-12)26-2)10-21-7-6-13-14(18(21)23)9-20-16(17(13)22)19(24)27-3/h7-15H,6,16-18H2,1-5H3;4-9,22H,10H2,1-3H3. The Balaban J connectivity index is 0.000000270. The molecule has 0 atom stereocenters. The molecular weight excluding hydrogens is 893 g/mol. The molecule has 3 heterocycles. The van der Waals surface area contributed by atoms with Gasteiger partial charge in [0.15, 0.2) is 11.4 Å². The summed E-state index contributed by atoms with van der Waals surface area (Å²) in [5.41, 5.74) is 0.748. The highest BCUT2D eigenvalue weighted by Gasteiger charge is 2.31. The van der Waals surface area contributed by atoms with Crippen molar-refractivity contribution in [3.05, 3.63) is 146 Å². The fraction of sp³-hybridized carbons (Fsp3) is 0.277. The second kappa shape index (κ2) is 22.5. The van der Waals surface area contributed by atoms with Crippen molar-refractivity contribution in [3.63, 3.8) is 0 Å². The third-order valence-electron chi connectivity index (χ3n) is 10.3. The van der Waals surface area contributed by atoms with Gasteiger partial charge in [-0.3, -0.25) is 14.4 Å². The second-order valence-corrected chi connectivity index (χ2v) is 16.3. The van der Waals surface area contributed by atoms with Gasteiger partial charge in [0.25, 0.3) is 11.1 Å². The smallest absolute Gasteiger partial charge is 0.360 e. The van der Waals surface area contributed by atoms with Crippen LogP contribution in [-0.4, -0.2) is 106 Å². The number of esters is 3. The van der Waals surface area contributed by atoms with Crippen LogP contribution in [0, 0.1) is 6.92 Å². The third kappa shape index (κ3) is 11.6. The molecule has 3 aromatic carbocycles. The molecule has 6 rings (SSSR count). The number of carbonyl (C=O) groups excluding carboxylic acids is 3. The molecule has 354 valence electrons. The Kier molecular flexibility index (Phi) is 16.9. The highest BCUT2D eigenvalue weighted by Crippen LogP contribution is 2.29. The third-order valence-corrected chi connectivity index (χ3v) is 12.1. The Morgan fingerprint density at radius 3 is 1.79 bits per heavy atom. The number of hydrogen-bond acceptors (Lipinski definition) is 16. The molecule has 0 radical (unpaired) electrons. The van der Waals surface area contributed by atoms with E-state index in [1.165, 1.54) is 74.4 Å². The van der Waals surface area contributed by atoms with Crippen LogP contribution in [0.1, 0.15) is 50.0 Å². The van der Waals surface area contributed by atoms with Gasteiger partial charge in [-0.25, -0.2) is 23.0 Å². The molecule has 67 heavy (non-hydrogen) atoms. The number of pyridine rings is 3. The van der Waals surface area contributed by atoms with E-state index in [9.17, 15) is 37.5 Å². The zero-order valence-corrected chi connectivity index (χ0v) is 38.9. The van der Waals surface area contributed by atoms with Crippen LogP contribution < -0.4 is 30.1 Å². The number of hydrogen-bond donors (Lipinski definition) is 1. The van der Waals surface area contributed by atoms with Gasteiger partial charge in [0.05, 0.1) is 78.2 Å². The van der Waals surface area contributed by atoms with E-state index < -0.39 is 46.6 Å². The van der Waals surface area contributed by atoms with Crippen LogP contribution in [-0.2, 0) is 48.7 Å². The summed E-state index contributed by atoms with van der Waals surface area (Å²) in [7, 11) is 4.13. The number of fused-ring (bicyclic) bond motifs is 1. The van der Waals surface area contributed by atoms with E-state index in [0.29, 0.717) is 28.6 Å². The number of methoxy groups -OCH3 is 6. The average molecular weight is 943 g/mol. The predicted molar refractivity (Wildman–Crippen MR) is 244 cm³/mol. The first-order valence-corrected chi connectivity index (χ1v) is 21.7. The van der Waals surface area contributed by atoms with Crippen LogP contribution in [0.3, 0.4) is 0 Å². The Labute approximate surface area is 385 Å². The molecule has 0 saturated heterocycles. The van der Waals surface area contributed by atoms with Crippen LogP contribution >= 0.6 is 0 Å². The van der Waals surface area contributed by atoms with Gasteiger partial charge < -0.3 is 47.4 Å². The number of nitrogens with zero attached hydrogens (tertiary/aromatic N) is 4. The summed E-state index contributed by atoms with van der Waals surface area (Å²) in [6.07, 6.45) is 4.21. The van der Waals surface area contributed by atoms with Crippen LogP contribution in [0.5, 0.6) is 28.7 Å². The molecule has 6 aromatic rings. The summed E-state index contributed by atoms with van der Waals surface area (Å²) >= 11 is 0. The fourth-order valence-electron chi connectivity index (χ4n) is 6.71. The van der Waals surface area contributed by atoms with Crippen molar-refractivity contribution in [2.75, 3.05) is 55.8 Å². The Morgan fingerprint density at radius 1 is 0.701 bits per heavy atom. The highest BCUT2D eigenvalue weighted by molar-refractivity contribution is 7.89. The summed E-state index contributed by atoms with van der Waals surface area (Å²) in [5.74, 6) is -0.536. The molecule has 0 saturated carbocycles. The lowest BCUT2D eigenvalue weighted by molar-refractivity contribution is -0.140. The van der Waals surface area contributed by atoms with Gasteiger partial charge in [-0.2, -0.15) is 4.31 Å². The monoisotopic (exact) mass is 942 g/mol. The number of benzene rings is 3. The van der Waals surface area contributed by atoms with Crippen molar-refractivity contribution in [1.29, 1.82) is 0 Å². The minimum Gasteiger partial charge on any atom is -0.505 e. The molecule has 0 aliphatic carbocycles.